The fraction of sp³-hybridized carbons (Fsp3) is 1.00. The van der Waals surface area contributed by atoms with Crippen molar-refractivity contribution in [3.05, 3.63) is 0 Å². The number of hydroxylamine groups is 1. The molecular formula is C9H25LiN3O3P. The van der Waals surface area contributed by atoms with Crippen molar-refractivity contribution in [2.24, 2.45) is 5.73 Å². The van der Waals surface area contributed by atoms with Gasteiger partial charge in [-0.1, -0.05) is 19.8 Å². The van der Waals surface area contributed by atoms with E-state index in [1.807, 2.05) is 0 Å². The third-order valence-corrected chi connectivity index (χ3v) is 2.60. The molecule has 0 aliphatic heterocycles. The summed E-state index contributed by atoms with van der Waals surface area (Å²) in [5.74, 6) is 0. The Hall–Kier alpha value is 0.627. The minimum atomic E-state index is -2.38. The Bertz CT molecular complexity index is 178. The van der Waals surface area contributed by atoms with Crippen LogP contribution in [0.3, 0.4) is 0 Å². The van der Waals surface area contributed by atoms with E-state index in [-0.39, 0.29) is 18.9 Å². The molecule has 0 bridgehead atoms. The van der Waals surface area contributed by atoms with E-state index in [0.29, 0.717) is 19.7 Å². The van der Waals surface area contributed by atoms with Crippen molar-refractivity contribution in [1.29, 1.82) is 0 Å². The van der Waals surface area contributed by atoms with Crippen LogP contribution >= 0.6 is 8.25 Å². The number of unbranched alkanes of at least 4 members (excludes halogenated alkanes) is 2. The van der Waals surface area contributed by atoms with E-state index >= 15 is 0 Å². The first-order valence-electron chi connectivity index (χ1n) is 5.78. The number of hydrogen-bond donors (Lipinski definition) is 3. The molecule has 0 fully saturated rings. The van der Waals surface area contributed by atoms with Gasteiger partial charge in [-0.05, 0) is 6.42 Å². The van der Waals surface area contributed by atoms with E-state index in [0.717, 1.165) is 32.4 Å². The van der Waals surface area contributed by atoms with Gasteiger partial charge in [0, 0.05) is 26.2 Å². The van der Waals surface area contributed by atoms with Crippen LogP contribution in [0.1, 0.15) is 26.2 Å². The Morgan fingerprint density at radius 3 is 2.65 bits per heavy atom. The van der Waals surface area contributed by atoms with E-state index in [1.165, 1.54) is 0 Å². The molecule has 0 saturated carbocycles. The summed E-state index contributed by atoms with van der Waals surface area (Å²) in [5, 5.41) is 3.07. The molecule has 4 N–H and O–H groups in total. The number of nitrogens with two attached hydrogens (primary N) is 1. The van der Waals surface area contributed by atoms with Gasteiger partial charge >= 0.3 is 27.1 Å². The molecule has 0 aromatic carbocycles. The van der Waals surface area contributed by atoms with Gasteiger partial charge in [-0.25, -0.2) is 4.62 Å². The van der Waals surface area contributed by atoms with Crippen LogP contribution in [-0.2, 0) is 13.7 Å². The van der Waals surface area contributed by atoms with Crippen LogP contribution in [0.15, 0.2) is 0 Å². The Labute approximate surface area is 116 Å². The van der Waals surface area contributed by atoms with Gasteiger partial charge in [0.25, 0.3) is 0 Å². The van der Waals surface area contributed by atoms with Crippen LogP contribution in [0.4, 0.5) is 0 Å². The molecule has 0 aliphatic carbocycles. The first-order chi connectivity index (χ1) is 7.81. The van der Waals surface area contributed by atoms with Crippen LogP contribution < -0.4 is 16.5 Å². The average molecular weight is 261 g/mol. The summed E-state index contributed by atoms with van der Waals surface area (Å²) in [6, 6.07) is 0. The summed E-state index contributed by atoms with van der Waals surface area (Å²) in [6.07, 6.45) is 3.14. The second kappa shape index (κ2) is 16.6. The van der Waals surface area contributed by atoms with E-state index in [1.54, 1.807) is 0 Å². The maximum absolute atomic E-state index is 11.1. The average Bonchev–Trinajstić information content (AvgIpc) is 2.29. The maximum atomic E-state index is 11.1. The van der Waals surface area contributed by atoms with E-state index in [4.69, 9.17) is 14.9 Å². The summed E-state index contributed by atoms with van der Waals surface area (Å²) < 4.78 is 20.9. The second-order valence-corrected chi connectivity index (χ2v) is 4.33. The number of nitrogens with one attached hydrogen (secondary N) is 2. The molecular weight excluding hydrogens is 236 g/mol. The molecule has 8 heteroatoms. The number of hydrogen-bond acceptors (Lipinski definition) is 6. The molecule has 0 amide bonds. The Morgan fingerprint density at radius 2 is 2.00 bits per heavy atom. The monoisotopic (exact) mass is 261 g/mol. The molecule has 100 valence electrons. The fourth-order valence-electron chi connectivity index (χ4n) is 1.01. The van der Waals surface area contributed by atoms with Gasteiger partial charge in [-0.15, -0.1) is 0 Å². The zero-order chi connectivity index (χ0) is 12.1. The second-order valence-electron chi connectivity index (χ2n) is 3.34. The van der Waals surface area contributed by atoms with Crippen molar-refractivity contribution in [2.75, 3.05) is 32.8 Å². The van der Waals surface area contributed by atoms with Crippen molar-refractivity contribution < 1.29 is 13.7 Å². The summed E-state index contributed by atoms with van der Waals surface area (Å²) in [4.78, 5) is 0. The Balaban J connectivity index is 0. The van der Waals surface area contributed by atoms with Gasteiger partial charge in [0.05, 0.1) is 6.61 Å². The zero-order valence-electron chi connectivity index (χ0n) is 9.96. The van der Waals surface area contributed by atoms with Gasteiger partial charge < -0.3 is 15.6 Å². The van der Waals surface area contributed by atoms with Crippen molar-refractivity contribution in [3.63, 3.8) is 0 Å². The van der Waals surface area contributed by atoms with Crippen LogP contribution in [0.2, 0.25) is 0 Å². The molecule has 0 saturated heterocycles. The van der Waals surface area contributed by atoms with Gasteiger partial charge in [0.2, 0.25) is 0 Å². The normalized spacial score (nSPS) is 12.1. The topological polar surface area (TPSA) is 85.6 Å². The molecule has 0 radical (unpaired) electrons. The van der Waals surface area contributed by atoms with Gasteiger partial charge in [0.15, 0.2) is 0 Å². The van der Waals surface area contributed by atoms with Crippen LogP contribution in [-0.4, -0.2) is 51.6 Å². The van der Waals surface area contributed by atoms with Crippen molar-refractivity contribution in [3.8, 4) is 0 Å². The van der Waals surface area contributed by atoms with Crippen LogP contribution in [0, 0.1) is 0 Å². The molecule has 0 spiro atoms. The van der Waals surface area contributed by atoms with E-state index in [9.17, 15) is 4.57 Å². The van der Waals surface area contributed by atoms with Gasteiger partial charge in [-0.2, -0.15) is 5.48 Å². The first kappa shape index (κ1) is 20.0. The predicted octanol–water partition coefficient (Wildman–Crippen LogP) is 0.00390. The SMILES string of the molecule is CCCCCO[PH](=O)ONCCNCCN.[LiH]. The molecule has 0 heterocycles. The first-order valence-corrected chi connectivity index (χ1v) is 7.01. The molecule has 0 aromatic rings. The van der Waals surface area contributed by atoms with Crippen molar-refractivity contribution >= 4 is 27.1 Å². The molecule has 0 aromatic heterocycles. The summed E-state index contributed by atoms with van der Waals surface area (Å²) in [5.41, 5.74) is 7.88. The third-order valence-electron chi connectivity index (χ3n) is 1.85. The van der Waals surface area contributed by atoms with Crippen molar-refractivity contribution in [2.45, 2.75) is 26.2 Å². The fourth-order valence-corrected chi connectivity index (χ4v) is 1.60. The summed E-state index contributed by atoms with van der Waals surface area (Å²) in [6.45, 7) is 5.29. The Kier molecular flexibility index (Phi) is 19.5. The molecule has 17 heavy (non-hydrogen) atoms. The van der Waals surface area contributed by atoms with E-state index < -0.39 is 8.25 Å². The molecule has 1 atom stereocenters. The number of rotatable bonds is 12. The van der Waals surface area contributed by atoms with Gasteiger partial charge in [0.1, 0.15) is 0 Å². The molecule has 0 rings (SSSR count). The van der Waals surface area contributed by atoms with Crippen molar-refractivity contribution in [1.82, 2.24) is 10.8 Å². The zero-order valence-corrected chi connectivity index (χ0v) is 11.0. The predicted molar refractivity (Wildman–Crippen MR) is 72.6 cm³/mol. The molecule has 0 aliphatic rings. The minimum absolute atomic E-state index is 0. The van der Waals surface area contributed by atoms with Crippen LogP contribution in [0.25, 0.3) is 0 Å². The van der Waals surface area contributed by atoms with E-state index in [2.05, 4.69) is 17.7 Å². The summed E-state index contributed by atoms with van der Waals surface area (Å²) in [7, 11) is -2.38. The van der Waals surface area contributed by atoms with Crippen LogP contribution in [0.5, 0.6) is 0 Å². The molecule has 1 unspecified atom stereocenters. The standard InChI is InChI=1S/C9H24N3O3P.Li.H/c1-2-3-4-9-14-16(13)15-12-8-7-11-6-5-10;;/h11-12,16H,2-10H2,1H3;;. The molecule has 6 nitrogen and oxygen atoms in total. The quantitative estimate of drug-likeness (QED) is 0.198. The van der Waals surface area contributed by atoms with Gasteiger partial charge in [-0.3, -0.25) is 4.57 Å². The summed E-state index contributed by atoms with van der Waals surface area (Å²) >= 11 is 0. The third kappa shape index (κ3) is 16.6. The Morgan fingerprint density at radius 1 is 1.24 bits per heavy atom.